The maximum Gasteiger partial charge on any atom is 0.390 e. The van der Waals surface area contributed by atoms with Gasteiger partial charge in [0.05, 0.1) is 12.5 Å². The molecule has 0 aromatic heterocycles. The Hall–Kier alpha value is -0.980. The Bertz CT molecular complexity index is 392. The molecule has 0 aliphatic heterocycles. The van der Waals surface area contributed by atoms with Gasteiger partial charge in [0.15, 0.2) is 5.96 Å². The van der Waals surface area contributed by atoms with Gasteiger partial charge < -0.3 is 15.4 Å². The van der Waals surface area contributed by atoms with Crippen molar-refractivity contribution in [3.8, 4) is 0 Å². The van der Waals surface area contributed by atoms with Gasteiger partial charge in [0.25, 0.3) is 0 Å². The third kappa shape index (κ3) is 3.86. The van der Waals surface area contributed by atoms with Crippen molar-refractivity contribution in [3.05, 3.63) is 0 Å². The van der Waals surface area contributed by atoms with E-state index < -0.39 is 12.6 Å². The maximum atomic E-state index is 12.2. The minimum absolute atomic E-state index is 0.137. The van der Waals surface area contributed by atoms with E-state index in [2.05, 4.69) is 15.6 Å². The number of alkyl halides is 3. The number of rotatable bonds is 5. The highest BCUT2D eigenvalue weighted by atomic mass is 19.4. The number of nitrogens with zero attached hydrogens (tertiary/aromatic N) is 1. The number of hydrogen-bond donors (Lipinski definition) is 2. The predicted octanol–water partition coefficient (Wildman–Crippen LogP) is 2.84. The summed E-state index contributed by atoms with van der Waals surface area (Å²) < 4.78 is 42.5. The van der Waals surface area contributed by atoms with Crippen LogP contribution >= 0.6 is 0 Å². The monoisotopic (exact) mass is 321 g/mol. The number of guanidine groups is 1. The van der Waals surface area contributed by atoms with Gasteiger partial charge in [0.1, 0.15) is 0 Å². The average Bonchev–Trinajstić information content (AvgIpc) is 2.95. The first-order chi connectivity index (χ1) is 10.4. The quantitative estimate of drug-likeness (QED) is 0.604. The Labute approximate surface area is 129 Å². The highest BCUT2D eigenvalue weighted by Gasteiger charge is 2.56. The van der Waals surface area contributed by atoms with Crippen molar-refractivity contribution < 1.29 is 17.9 Å². The average molecular weight is 321 g/mol. The summed E-state index contributed by atoms with van der Waals surface area (Å²) in [6, 6.07) is 0.239. The van der Waals surface area contributed by atoms with Crippen LogP contribution in [0.25, 0.3) is 0 Å². The molecule has 2 N–H and O–H groups in total. The summed E-state index contributed by atoms with van der Waals surface area (Å²) in [6.07, 6.45) is 0.798. The van der Waals surface area contributed by atoms with E-state index in [0.717, 1.165) is 19.3 Å². The topological polar surface area (TPSA) is 45.6 Å². The molecular weight excluding hydrogens is 295 g/mol. The molecule has 7 heteroatoms. The minimum Gasteiger partial charge on any atom is -0.378 e. The molecule has 0 radical (unpaired) electrons. The Kier molecular flexibility index (Phi) is 5.58. The second kappa shape index (κ2) is 7.06. The van der Waals surface area contributed by atoms with Crippen molar-refractivity contribution in [1.82, 2.24) is 10.6 Å². The molecular formula is C15H26F3N3O. The fraction of sp³-hybridized carbons (Fsp3) is 0.933. The summed E-state index contributed by atoms with van der Waals surface area (Å²) in [5.41, 5.74) is 0.137. The number of nitrogens with one attached hydrogen (secondary N) is 2. The third-order valence-corrected chi connectivity index (χ3v) is 4.92. The summed E-state index contributed by atoms with van der Waals surface area (Å²) in [6.45, 7) is 2.55. The predicted molar refractivity (Wildman–Crippen MR) is 79.9 cm³/mol. The van der Waals surface area contributed by atoms with E-state index in [1.807, 2.05) is 6.92 Å². The molecule has 0 saturated heterocycles. The number of hydrogen-bond acceptors (Lipinski definition) is 2. The summed E-state index contributed by atoms with van der Waals surface area (Å²) >= 11 is 0. The fourth-order valence-corrected chi connectivity index (χ4v) is 3.77. The SMILES string of the molecule is CCOC1CC(NC(=NC)NCCC(F)(F)F)C12CCCC2. The van der Waals surface area contributed by atoms with Crippen LogP contribution in [0.15, 0.2) is 4.99 Å². The van der Waals surface area contributed by atoms with E-state index >= 15 is 0 Å². The second-order valence-corrected chi connectivity index (χ2v) is 6.18. The van der Waals surface area contributed by atoms with Gasteiger partial charge in [-0.05, 0) is 26.2 Å². The van der Waals surface area contributed by atoms with Crippen LogP contribution in [0.1, 0.15) is 45.4 Å². The Morgan fingerprint density at radius 2 is 2.00 bits per heavy atom. The van der Waals surface area contributed by atoms with Crippen LogP contribution in [0.4, 0.5) is 13.2 Å². The molecule has 0 aromatic rings. The Morgan fingerprint density at radius 3 is 2.55 bits per heavy atom. The third-order valence-electron chi connectivity index (χ3n) is 4.92. The maximum absolute atomic E-state index is 12.2. The van der Waals surface area contributed by atoms with E-state index in [9.17, 15) is 13.2 Å². The molecule has 0 aromatic carbocycles. The van der Waals surface area contributed by atoms with E-state index in [-0.39, 0.29) is 24.1 Å². The van der Waals surface area contributed by atoms with Gasteiger partial charge in [-0.3, -0.25) is 4.99 Å². The molecule has 2 rings (SSSR count). The zero-order valence-electron chi connectivity index (χ0n) is 13.3. The van der Waals surface area contributed by atoms with Crippen LogP contribution < -0.4 is 10.6 Å². The molecule has 2 fully saturated rings. The van der Waals surface area contributed by atoms with Crippen LogP contribution in [0.3, 0.4) is 0 Å². The lowest BCUT2D eigenvalue weighted by molar-refractivity contribution is -0.133. The van der Waals surface area contributed by atoms with Gasteiger partial charge in [-0.15, -0.1) is 0 Å². The van der Waals surface area contributed by atoms with Crippen LogP contribution in [-0.2, 0) is 4.74 Å². The molecule has 128 valence electrons. The number of ether oxygens (including phenoxy) is 1. The highest BCUT2D eigenvalue weighted by Crippen LogP contribution is 2.54. The van der Waals surface area contributed by atoms with Crippen molar-refractivity contribution in [2.24, 2.45) is 10.4 Å². The molecule has 4 nitrogen and oxygen atoms in total. The fourth-order valence-electron chi connectivity index (χ4n) is 3.77. The largest absolute Gasteiger partial charge is 0.390 e. The normalized spacial score (nSPS) is 27.8. The molecule has 2 aliphatic rings. The van der Waals surface area contributed by atoms with Gasteiger partial charge >= 0.3 is 6.18 Å². The molecule has 2 saturated carbocycles. The summed E-state index contributed by atoms with van der Waals surface area (Å²) in [5.74, 6) is 0.454. The molecule has 22 heavy (non-hydrogen) atoms. The van der Waals surface area contributed by atoms with E-state index in [4.69, 9.17) is 4.74 Å². The van der Waals surface area contributed by atoms with Crippen LogP contribution in [0.5, 0.6) is 0 Å². The van der Waals surface area contributed by atoms with Crippen LogP contribution in [0, 0.1) is 5.41 Å². The molecule has 0 heterocycles. The van der Waals surface area contributed by atoms with Gasteiger partial charge in [0, 0.05) is 31.7 Å². The Morgan fingerprint density at radius 1 is 1.32 bits per heavy atom. The smallest absolute Gasteiger partial charge is 0.378 e. The number of halogens is 3. The Balaban J connectivity index is 1.86. The zero-order chi connectivity index (χ0) is 16.2. The molecule has 2 aliphatic carbocycles. The molecule has 1 spiro atoms. The van der Waals surface area contributed by atoms with Gasteiger partial charge in [-0.25, -0.2) is 0 Å². The van der Waals surface area contributed by atoms with E-state index in [1.165, 1.54) is 12.8 Å². The van der Waals surface area contributed by atoms with Crippen LogP contribution in [0.2, 0.25) is 0 Å². The lowest BCUT2D eigenvalue weighted by Gasteiger charge is -2.54. The highest BCUT2D eigenvalue weighted by molar-refractivity contribution is 5.80. The number of aliphatic imine (C=N–C) groups is 1. The first kappa shape index (κ1) is 17.4. The van der Waals surface area contributed by atoms with Crippen LogP contribution in [-0.4, -0.2) is 44.5 Å². The summed E-state index contributed by atoms with van der Waals surface area (Å²) in [7, 11) is 1.59. The molecule has 2 unspecified atom stereocenters. The summed E-state index contributed by atoms with van der Waals surface area (Å²) in [4.78, 5) is 4.04. The first-order valence-electron chi connectivity index (χ1n) is 8.07. The molecule has 0 bridgehead atoms. The van der Waals surface area contributed by atoms with E-state index in [0.29, 0.717) is 12.6 Å². The summed E-state index contributed by atoms with van der Waals surface area (Å²) in [5, 5.41) is 6.06. The van der Waals surface area contributed by atoms with Crippen molar-refractivity contribution in [2.75, 3.05) is 20.2 Å². The lowest BCUT2D eigenvalue weighted by atomic mass is 9.60. The first-order valence-corrected chi connectivity index (χ1v) is 8.07. The zero-order valence-corrected chi connectivity index (χ0v) is 13.3. The molecule has 0 amide bonds. The van der Waals surface area contributed by atoms with Crippen molar-refractivity contribution in [2.45, 2.75) is 63.8 Å². The van der Waals surface area contributed by atoms with Gasteiger partial charge in [-0.2, -0.15) is 13.2 Å². The minimum atomic E-state index is -4.14. The second-order valence-electron chi connectivity index (χ2n) is 6.18. The van der Waals surface area contributed by atoms with E-state index in [1.54, 1.807) is 7.05 Å². The van der Waals surface area contributed by atoms with Gasteiger partial charge in [-0.1, -0.05) is 12.8 Å². The lowest BCUT2D eigenvalue weighted by Crippen LogP contribution is -2.65. The van der Waals surface area contributed by atoms with Gasteiger partial charge in [0.2, 0.25) is 0 Å². The van der Waals surface area contributed by atoms with Crippen molar-refractivity contribution in [3.63, 3.8) is 0 Å². The molecule has 2 atom stereocenters. The van der Waals surface area contributed by atoms with Crippen molar-refractivity contribution in [1.29, 1.82) is 0 Å². The van der Waals surface area contributed by atoms with Crippen molar-refractivity contribution >= 4 is 5.96 Å². The standard InChI is InChI=1S/C15H26F3N3O/c1-3-22-12-10-11(14(12)6-4-5-7-14)21-13(19-2)20-9-8-15(16,17)18/h11-12H,3-10H2,1-2H3,(H2,19,20,21).